The number of benzene rings is 1. The fourth-order valence-corrected chi connectivity index (χ4v) is 4.61. The average molecular weight is 369 g/mol. The second kappa shape index (κ2) is 7.58. The van der Waals surface area contributed by atoms with E-state index in [9.17, 15) is 12.8 Å². The maximum absolute atomic E-state index is 12.9. The van der Waals surface area contributed by atoms with Crippen molar-refractivity contribution in [2.24, 2.45) is 0 Å². The Kier molecular flexibility index (Phi) is 5.47. The number of nitrogens with one attached hydrogen (secondary N) is 1. The molecule has 0 saturated carbocycles. The molecule has 0 aliphatic carbocycles. The molecule has 2 heterocycles. The minimum absolute atomic E-state index is 0.252. The molecule has 1 aromatic heterocycles. The standard InChI is InChI=1S/C16H20FN3O2S2/c17-14-4-2-13(3-5-14)15-12-23-16(19-15)18-6-1-7-20-8-10-24(21,22)11-9-20/h2-5,12H,1,6-11H2,(H,18,19). The Hall–Kier alpha value is -1.51. The molecule has 5 nitrogen and oxygen atoms in total. The maximum atomic E-state index is 12.9. The van der Waals surface area contributed by atoms with Crippen LogP contribution in [-0.4, -0.2) is 56.0 Å². The van der Waals surface area contributed by atoms with Crippen LogP contribution in [-0.2, 0) is 9.84 Å². The zero-order valence-electron chi connectivity index (χ0n) is 13.2. The minimum Gasteiger partial charge on any atom is -0.361 e. The van der Waals surface area contributed by atoms with Gasteiger partial charge >= 0.3 is 0 Å². The predicted octanol–water partition coefficient (Wildman–Crippen LogP) is 2.48. The average Bonchev–Trinajstić information content (AvgIpc) is 3.02. The summed E-state index contributed by atoms with van der Waals surface area (Å²) >= 11 is 1.53. The quantitative estimate of drug-likeness (QED) is 0.793. The van der Waals surface area contributed by atoms with Gasteiger partial charge in [0.05, 0.1) is 17.2 Å². The second-order valence-electron chi connectivity index (χ2n) is 5.82. The number of rotatable bonds is 6. The van der Waals surface area contributed by atoms with Crippen molar-refractivity contribution in [3.05, 3.63) is 35.5 Å². The lowest BCUT2D eigenvalue weighted by Gasteiger charge is -2.26. The van der Waals surface area contributed by atoms with Crippen LogP contribution in [0.25, 0.3) is 11.3 Å². The van der Waals surface area contributed by atoms with Crippen molar-refractivity contribution in [3.63, 3.8) is 0 Å². The number of halogens is 1. The fourth-order valence-electron chi connectivity index (χ4n) is 2.58. The molecule has 1 aliphatic rings. The van der Waals surface area contributed by atoms with Crippen molar-refractivity contribution in [1.29, 1.82) is 0 Å². The predicted molar refractivity (Wildman–Crippen MR) is 95.7 cm³/mol. The number of anilines is 1. The van der Waals surface area contributed by atoms with Gasteiger partial charge in [0.15, 0.2) is 15.0 Å². The van der Waals surface area contributed by atoms with Gasteiger partial charge in [0.1, 0.15) is 5.82 Å². The van der Waals surface area contributed by atoms with Gasteiger partial charge in [-0.15, -0.1) is 11.3 Å². The summed E-state index contributed by atoms with van der Waals surface area (Å²) in [4.78, 5) is 6.69. The van der Waals surface area contributed by atoms with Crippen molar-refractivity contribution in [2.45, 2.75) is 6.42 Å². The Labute approximate surface area is 145 Å². The normalized spacial score (nSPS) is 17.7. The Balaban J connectivity index is 1.42. The van der Waals surface area contributed by atoms with Gasteiger partial charge in [0.2, 0.25) is 0 Å². The zero-order valence-corrected chi connectivity index (χ0v) is 14.9. The molecule has 0 bridgehead atoms. The van der Waals surface area contributed by atoms with Crippen molar-refractivity contribution in [2.75, 3.05) is 43.0 Å². The molecule has 8 heteroatoms. The zero-order chi connectivity index (χ0) is 17.0. The largest absolute Gasteiger partial charge is 0.361 e. The molecule has 1 aromatic carbocycles. The molecule has 1 fully saturated rings. The lowest BCUT2D eigenvalue weighted by Crippen LogP contribution is -2.41. The highest BCUT2D eigenvalue weighted by atomic mass is 32.2. The summed E-state index contributed by atoms with van der Waals surface area (Å²) in [5.41, 5.74) is 1.74. The highest BCUT2D eigenvalue weighted by molar-refractivity contribution is 7.91. The summed E-state index contributed by atoms with van der Waals surface area (Å²) in [6.45, 7) is 2.95. The molecule has 0 unspecified atom stereocenters. The van der Waals surface area contributed by atoms with Crippen molar-refractivity contribution < 1.29 is 12.8 Å². The Morgan fingerprint density at radius 3 is 2.62 bits per heavy atom. The van der Waals surface area contributed by atoms with E-state index < -0.39 is 9.84 Å². The molecule has 1 aliphatic heterocycles. The van der Waals surface area contributed by atoms with Crippen LogP contribution in [0.15, 0.2) is 29.6 Å². The van der Waals surface area contributed by atoms with E-state index in [0.717, 1.165) is 35.9 Å². The number of nitrogens with zero attached hydrogens (tertiary/aromatic N) is 2. The molecule has 0 radical (unpaired) electrons. The van der Waals surface area contributed by atoms with Crippen LogP contribution in [0.2, 0.25) is 0 Å². The van der Waals surface area contributed by atoms with E-state index >= 15 is 0 Å². The van der Waals surface area contributed by atoms with Gasteiger partial charge in [0, 0.05) is 30.6 Å². The maximum Gasteiger partial charge on any atom is 0.183 e. The van der Waals surface area contributed by atoms with Gasteiger partial charge < -0.3 is 10.2 Å². The van der Waals surface area contributed by atoms with Crippen LogP contribution in [0.5, 0.6) is 0 Å². The van der Waals surface area contributed by atoms with Gasteiger partial charge in [-0.2, -0.15) is 0 Å². The van der Waals surface area contributed by atoms with E-state index in [-0.39, 0.29) is 17.3 Å². The Morgan fingerprint density at radius 1 is 1.21 bits per heavy atom. The first kappa shape index (κ1) is 17.3. The third-order valence-electron chi connectivity index (χ3n) is 4.01. The number of sulfone groups is 1. The van der Waals surface area contributed by atoms with E-state index in [2.05, 4.69) is 15.2 Å². The van der Waals surface area contributed by atoms with E-state index in [0.29, 0.717) is 13.1 Å². The first-order valence-electron chi connectivity index (χ1n) is 7.90. The third kappa shape index (κ3) is 4.75. The summed E-state index contributed by atoms with van der Waals surface area (Å²) in [7, 11) is -2.80. The molecular weight excluding hydrogens is 349 g/mol. The Morgan fingerprint density at radius 2 is 1.92 bits per heavy atom. The third-order valence-corrected chi connectivity index (χ3v) is 6.42. The van der Waals surface area contributed by atoms with E-state index in [1.807, 2.05) is 5.38 Å². The van der Waals surface area contributed by atoms with Crippen molar-refractivity contribution >= 4 is 26.3 Å². The smallest absolute Gasteiger partial charge is 0.183 e. The summed E-state index contributed by atoms with van der Waals surface area (Å²) < 4.78 is 35.7. The van der Waals surface area contributed by atoms with Gasteiger partial charge in [-0.25, -0.2) is 17.8 Å². The van der Waals surface area contributed by atoms with Crippen LogP contribution >= 0.6 is 11.3 Å². The van der Waals surface area contributed by atoms with Crippen LogP contribution in [0.1, 0.15) is 6.42 Å². The number of aromatic nitrogens is 1. The summed E-state index contributed by atoms with van der Waals surface area (Å²) in [6, 6.07) is 6.30. The molecule has 3 rings (SSSR count). The first-order valence-corrected chi connectivity index (χ1v) is 10.6. The molecular formula is C16H20FN3O2S2. The van der Waals surface area contributed by atoms with Gasteiger partial charge in [-0.3, -0.25) is 0 Å². The van der Waals surface area contributed by atoms with Gasteiger partial charge in [0.25, 0.3) is 0 Å². The van der Waals surface area contributed by atoms with Gasteiger partial charge in [-0.05, 0) is 37.2 Å². The van der Waals surface area contributed by atoms with Crippen molar-refractivity contribution in [1.82, 2.24) is 9.88 Å². The number of hydrogen-bond acceptors (Lipinski definition) is 6. The van der Waals surface area contributed by atoms with E-state index in [4.69, 9.17) is 0 Å². The lowest BCUT2D eigenvalue weighted by atomic mass is 10.2. The second-order valence-corrected chi connectivity index (χ2v) is 8.98. The van der Waals surface area contributed by atoms with Crippen LogP contribution in [0.3, 0.4) is 0 Å². The molecule has 1 N–H and O–H groups in total. The number of thiazole rings is 1. The van der Waals surface area contributed by atoms with Crippen molar-refractivity contribution in [3.8, 4) is 11.3 Å². The minimum atomic E-state index is -2.80. The van der Waals surface area contributed by atoms with Gasteiger partial charge in [-0.1, -0.05) is 0 Å². The Bertz CT molecular complexity index is 761. The summed E-state index contributed by atoms with van der Waals surface area (Å²) in [5.74, 6) is 0.292. The lowest BCUT2D eigenvalue weighted by molar-refractivity contribution is 0.295. The summed E-state index contributed by atoms with van der Waals surface area (Å²) in [6.07, 6.45) is 0.936. The van der Waals surface area contributed by atoms with Crippen LogP contribution in [0, 0.1) is 5.82 Å². The number of hydrogen-bond donors (Lipinski definition) is 1. The van der Waals surface area contributed by atoms with E-state index in [1.54, 1.807) is 12.1 Å². The van der Waals surface area contributed by atoms with E-state index in [1.165, 1.54) is 23.5 Å². The highest BCUT2D eigenvalue weighted by Crippen LogP contribution is 2.24. The van der Waals surface area contributed by atoms with Crippen LogP contribution < -0.4 is 5.32 Å². The molecule has 0 spiro atoms. The fraction of sp³-hybridized carbons (Fsp3) is 0.438. The molecule has 0 atom stereocenters. The molecule has 0 amide bonds. The highest BCUT2D eigenvalue weighted by Gasteiger charge is 2.20. The molecule has 130 valence electrons. The summed E-state index contributed by atoms with van der Waals surface area (Å²) in [5, 5.41) is 6.08. The SMILES string of the molecule is O=S1(=O)CCN(CCCNc2nc(-c3ccc(F)cc3)cs2)CC1. The van der Waals surface area contributed by atoms with Crippen LogP contribution in [0.4, 0.5) is 9.52 Å². The topological polar surface area (TPSA) is 62.3 Å². The monoisotopic (exact) mass is 369 g/mol. The first-order chi connectivity index (χ1) is 11.5. The molecule has 1 saturated heterocycles. The molecule has 24 heavy (non-hydrogen) atoms. The molecule has 2 aromatic rings.